The lowest BCUT2D eigenvalue weighted by Crippen LogP contribution is -2.65. The van der Waals surface area contributed by atoms with Gasteiger partial charge in [-0.2, -0.15) is 0 Å². The molecule has 2 aliphatic heterocycles. The van der Waals surface area contributed by atoms with Crippen LogP contribution in [0.3, 0.4) is 0 Å². The molecular formula is C50H83NO13. The van der Waals surface area contributed by atoms with Crippen LogP contribution in [-0.4, -0.2) is 140 Å². The van der Waals surface area contributed by atoms with Crippen LogP contribution in [-0.2, 0) is 23.7 Å². The van der Waals surface area contributed by atoms with Crippen LogP contribution in [0.1, 0.15) is 129 Å². The van der Waals surface area contributed by atoms with Crippen LogP contribution in [0.5, 0.6) is 0 Å². The fraction of sp³-hybridized carbons (Fsp3) is 0.700. The van der Waals surface area contributed by atoms with Crippen LogP contribution in [0.25, 0.3) is 0 Å². The fourth-order valence-corrected chi connectivity index (χ4v) is 7.17. The minimum absolute atomic E-state index is 0.221. The SMILES string of the molecule is CC/C=C\C/C=C\C/C=C\C/C=C\C/C=C\C/C=C\CCCCC(=O)NC(COC1OC(CO)C(OC2OC(CO)C(O)C(O)C2O)C(O)C1O)C(O)/C=C/CCCCCCCCC. The summed E-state index contributed by atoms with van der Waals surface area (Å²) in [5.41, 5.74) is 0. The number of allylic oxidation sites excluding steroid dienone is 13. The molecule has 12 unspecified atom stereocenters. The van der Waals surface area contributed by atoms with Gasteiger partial charge >= 0.3 is 0 Å². The van der Waals surface area contributed by atoms with Gasteiger partial charge < -0.3 is 65.1 Å². The maximum absolute atomic E-state index is 13.1. The first kappa shape index (κ1) is 57.3. The molecule has 12 atom stereocenters. The Morgan fingerprint density at radius 1 is 0.578 bits per heavy atom. The molecule has 14 heteroatoms. The van der Waals surface area contributed by atoms with E-state index >= 15 is 0 Å². The standard InChI is InChI=1S/C50H83NO13/c1-3-5-7-9-11-13-14-15-16-17-18-19-20-21-22-23-24-26-28-30-32-34-42(55)51-38(39(54)33-31-29-27-25-12-10-8-6-4-2)37-61-49-47(60)45(58)48(41(36-53)63-49)64-50-46(59)44(57)43(56)40(35-52)62-50/h5,7,11,13,15-16,18-19,21-22,24,26,31,33,38-41,43-50,52-54,56-60H,3-4,6,8-10,12,14,17,20,23,25,27-30,32,34-37H2,1-2H3,(H,51,55)/b7-5-,13-11-,16-15-,19-18-,22-21-,26-24-,33-31+. The maximum atomic E-state index is 13.1. The lowest BCUT2D eigenvalue weighted by molar-refractivity contribution is -0.359. The number of aliphatic hydroxyl groups excluding tert-OH is 8. The third-order valence-electron chi connectivity index (χ3n) is 11.1. The van der Waals surface area contributed by atoms with E-state index in [0.29, 0.717) is 6.42 Å². The minimum atomic E-state index is -1.79. The Hall–Kier alpha value is -2.83. The zero-order valence-corrected chi connectivity index (χ0v) is 38.5. The summed E-state index contributed by atoms with van der Waals surface area (Å²) >= 11 is 0. The van der Waals surface area contributed by atoms with Crippen LogP contribution in [0.15, 0.2) is 85.1 Å². The van der Waals surface area contributed by atoms with Gasteiger partial charge in [0.1, 0.15) is 48.8 Å². The van der Waals surface area contributed by atoms with Crippen molar-refractivity contribution >= 4 is 5.91 Å². The van der Waals surface area contributed by atoms with Crippen LogP contribution in [0, 0.1) is 0 Å². The molecule has 0 spiro atoms. The first-order chi connectivity index (χ1) is 31.1. The second-order valence-corrected chi connectivity index (χ2v) is 16.5. The van der Waals surface area contributed by atoms with Gasteiger partial charge in [0.2, 0.25) is 5.91 Å². The zero-order chi connectivity index (χ0) is 46.8. The molecule has 2 fully saturated rings. The van der Waals surface area contributed by atoms with Crippen LogP contribution < -0.4 is 5.32 Å². The summed E-state index contributed by atoms with van der Waals surface area (Å²) in [5.74, 6) is -0.290. The molecule has 2 aliphatic rings. The highest BCUT2D eigenvalue weighted by Gasteiger charge is 2.50. The number of unbranched alkanes of at least 4 members (excludes halogenated alkanes) is 9. The first-order valence-electron chi connectivity index (χ1n) is 23.8. The second kappa shape index (κ2) is 36.3. The van der Waals surface area contributed by atoms with E-state index < -0.39 is 86.8 Å². The molecule has 0 radical (unpaired) electrons. The van der Waals surface area contributed by atoms with Gasteiger partial charge in [-0.15, -0.1) is 0 Å². The Morgan fingerprint density at radius 2 is 1.08 bits per heavy atom. The van der Waals surface area contributed by atoms with Crippen molar-refractivity contribution in [3.8, 4) is 0 Å². The van der Waals surface area contributed by atoms with Crippen molar-refractivity contribution in [1.82, 2.24) is 5.32 Å². The summed E-state index contributed by atoms with van der Waals surface area (Å²) in [4.78, 5) is 13.1. The van der Waals surface area contributed by atoms with E-state index in [1.165, 1.54) is 25.7 Å². The van der Waals surface area contributed by atoms with Crippen molar-refractivity contribution in [3.63, 3.8) is 0 Å². The van der Waals surface area contributed by atoms with Gasteiger partial charge in [-0.1, -0.05) is 137 Å². The van der Waals surface area contributed by atoms with Crippen molar-refractivity contribution in [2.75, 3.05) is 19.8 Å². The molecule has 0 saturated carbocycles. The molecule has 14 nitrogen and oxygen atoms in total. The smallest absolute Gasteiger partial charge is 0.220 e. The lowest BCUT2D eigenvalue weighted by atomic mass is 9.97. The Bertz CT molecular complexity index is 1400. The third kappa shape index (κ3) is 23.6. The first-order valence-corrected chi connectivity index (χ1v) is 23.8. The molecule has 366 valence electrons. The second-order valence-electron chi connectivity index (χ2n) is 16.5. The molecule has 0 aromatic carbocycles. The van der Waals surface area contributed by atoms with Gasteiger partial charge in [-0.3, -0.25) is 4.79 Å². The monoisotopic (exact) mass is 906 g/mol. The van der Waals surface area contributed by atoms with E-state index in [9.17, 15) is 45.6 Å². The fourth-order valence-electron chi connectivity index (χ4n) is 7.17. The molecule has 0 aromatic heterocycles. The number of ether oxygens (including phenoxy) is 4. The van der Waals surface area contributed by atoms with E-state index in [0.717, 1.165) is 77.0 Å². The summed E-state index contributed by atoms with van der Waals surface area (Å²) in [6, 6.07) is -0.940. The largest absolute Gasteiger partial charge is 0.394 e. The highest BCUT2D eigenvalue weighted by Crippen LogP contribution is 2.30. The molecule has 0 aromatic rings. The number of amides is 1. The number of hydrogen-bond acceptors (Lipinski definition) is 13. The van der Waals surface area contributed by atoms with Gasteiger partial charge in [0.05, 0.1) is 32.0 Å². The van der Waals surface area contributed by atoms with Crippen LogP contribution >= 0.6 is 0 Å². The third-order valence-corrected chi connectivity index (χ3v) is 11.1. The van der Waals surface area contributed by atoms with Crippen molar-refractivity contribution in [1.29, 1.82) is 0 Å². The van der Waals surface area contributed by atoms with Gasteiger partial charge in [0.15, 0.2) is 12.6 Å². The molecular weight excluding hydrogens is 823 g/mol. The quantitative estimate of drug-likeness (QED) is 0.0291. The van der Waals surface area contributed by atoms with Gasteiger partial charge in [0, 0.05) is 6.42 Å². The van der Waals surface area contributed by atoms with Crippen LogP contribution in [0.2, 0.25) is 0 Å². The Labute approximate surface area is 382 Å². The molecule has 2 rings (SSSR count). The normalized spacial score (nSPS) is 28.0. The number of aliphatic hydroxyl groups is 8. The van der Waals surface area contributed by atoms with E-state index in [-0.39, 0.29) is 18.9 Å². The number of carbonyl (C=O) groups is 1. The topological polar surface area (TPSA) is 228 Å². The Morgan fingerprint density at radius 3 is 1.66 bits per heavy atom. The summed E-state index contributed by atoms with van der Waals surface area (Å²) in [6.07, 6.45) is 29.3. The van der Waals surface area contributed by atoms with Gasteiger partial charge in [-0.05, 0) is 70.6 Å². The molecule has 2 heterocycles. The number of nitrogens with one attached hydrogen (secondary N) is 1. The summed E-state index contributed by atoms with van der Waals surface area (Å²) < 4.78 is 22.6. The zero-order valence-electron chi connectivity index (χ0n) is 38.5. The lowest BCUT2D eigenvalue weighted by Gasteiger charge is -2.46. The number of hydrogen-bond donors (Lipinski definition) is 9. The van der Waals surface area contributed by atoms with Crippen molar-refractivity contribution in [2.24, 2.45) is 0 Å². The van der Waals surface area contributed by atoms with Crippen LogP contribution in [0.4, 0.5) is 0 Å². The van der Waals surface area contributed by atoms with Crippen molar-refractivity contribution < 1.29 is 64.6 Å². The molecule has 2 saturated heterocycles. The van der Waals surface area contributed by atoms with Gasteiger partial charge in [0.25, 0.3) is 0 Å². The summed E-state index contributed by atoms with van der Waals surface area (Å²) in [7, 11) is 0. The van der Waals surface area contributed by atoms with E-state index in [1.54, 1.807) is 6.08 Å². The van der Waals surface area contributed by atoms with E-state index in [2.05, 4.69) is 92.1 Å². The molecule has 0 bridgehead atoms. The molecule has 9 N–H and O–H groups in total. The number of carbonyl (C=O) groups excluding carboxylic acids is 1. The Balaban J connectivity index is 1.85. The highest BCUT2D eigenvalue weighted by molar-refractivity contribution is 5.76. The van der Waals surface area contributed by atoms with Crippen molar-refractivity contribution in [3.05, 3.63) is 85.1 Å². The van der Waals surface area contributed by atoms with E-state index in [1.807, 2.05) is 6.08 Å². The average molecular weight is 906 g/mol. The highest BCUT2D eigenvalue weighted by atomic mass is 16.7. The summed E-state index contributed by atoms with van der Waals surface area (Å²) in [5, 5.41) is 86.4. The predicted octanol–water partition coefficient (Wildman–Crippen LogP) is 5.43. The van der Waals surface area contributed by atoms with Gasteiger partial charge in [-0.25, -0.2) is 0 Å². The predicted molar refractivity (Wildman–Crippen MR) is 249 cm³/mol. The van der Waals surface area contributed by atoms with Crippen molar-refractivity contribution in [2.45, 2.75) is 203 Å². The van der Waals surface area contributed by atoms with E-state index in [4.69, 9.17) is 18.9 Å². The summed E-state index contributed by atoms with van der Waals surface area (Å²) in [6.45, 7) is 2.56. The maximum Gasteiger partial charge on any atom is 0.220 e. The molecule has 64 heavy (non-hydrogen) atoms. The molecule has 1 amide bonds. The minimum Gasteiger partial charge on any atom is -0.394 e. The average Bonchev–Trinajstić information content (AvgIpc) is 3.29. The molecule has 0 aliphatic carbocycles. The Kier molecular flexibility index (Phi) is 32.5. The number of rotatable bonds is 34.